The maximum atomic E-state index is 12.4. The van der Waals surface area contributed by atoms with Crippen molar-refractivity contribution in [1.82, 2.24) is 10.3 Å². The molecular weight excluding hydrogens is 466 g/mol. The van der Waals surface area contributed by atoms with Crippen LogP contribution >= 0.6 is 0 Å². The third kappa shape index (κ3) is 6.87. The maximum absolute atomic E-state index is 12.4. The van der Waals surface area contributed by atoms with Crippen molar-refractivity contribution in [2.75, 3.05) is 37.1 Å². The monoisotopic (exact) mass is 494 g/mol. The topological polar surface area (TPSA) is 113 Å². The standard InChI is InChI=1S/C18H17F2N3O3.C5H11NOS/c19-18(20)26-14-3-1-2-12(7-14)16(21)17-15(6-11(9-24)8-22-17)23-13-4-5-25-10-13;1-5(6-2)3-8(7)4-5/h1-3,6-9,13,18,21,23H,4-5,10H2;6H,3-4H2,1-2H3. The number of pyridine rings is 1. The number of anilines is 1. The fourth-order valence-corrected chi connectivity index (χ4v) is 5.13. The summed E-state index contributed by atoms with van der Waals surface area (Å²) in [5, 5.41) is 14.8. The van der Waals surface area contributed by atoms with Crippen LogP contribution in [-0.4, -0.2) is 71.2 Å². The molecule has 1 aromatic heterocycles. The molecule has 0 amide bonds. The zero-order valence-electron chi connectivity index (χ0n) is 19.0. The average molecular weight is 495 g/mol. The van der Waals surface area contributed by atoms with E-state index in [9.17, 15) is 17.8 Å². The van der Waals surface area contributed by atoms with Crippen LogP contribution in [0.4, 0.5) is 14.5 Å². The minimum absolute atomic E-state index is 0.0311. The molecular formula is C23H28F2N4O4S. The van der Waals surface area contributed by atoms with E-state index in [1.165, 1.54) is 24.4 Å². The van der Waals surface area contributed by atoms with E-state index in [0.717, 1.165) is 17.9 Å². The summed E-state index contributed by atoms with van der Waals surface area (Å²) in [5.74, 6) is 1.61. The Morgan fingerprint density at radius 3 is 2.71 bits per heavy atom. The van der Waals surface area contributed by atoms with Crippen LogP contribution in [0.15, 0.2) is 36.5 Å². The van der Waals surface area contributed by atoms with Gasteiger partial charge in [-0.3, -0.25) is 19.4 Å². The van der Waals surface area contributed by atoms with Gasteiger partial charge in [-0.05, 0) is 38.6 Å². The molecule has 4 rings (SSSR count). The number of carbonyl (C=O) groups excluding carboxylic acids is 1. The second-order valence-electron chi connectivity index (χ2n) is 8.31. The number of benzene rings is 1. The lowest BCUT2D eigenvalue weighted by Crippen LogP contribution is -2.58. The summed E-state index contributed by atoms with van der Waals surface area (Å²) in [4.78, 5) is 15.3. The van der Waals surface area contributed by atoms with Gasteiger partial charge in [0.25, 0.3) is 0 Å². The quantitative estimate of drug-likeness (QED) is 0.382. The van der Waals surface area contributed by atoms with Crippen molar-refractivity contribution in [2.24, 2.45) is 0 Å². The van der Waals surface area contributed by atoms with Crippen LogP contribution in [0, 0.1) is 5.41 Å². The van der Waals surface area contributed by atoms with Crippen LogP contribution in [-0.2, 0) is 15.5 Å². The molecule has 0 radical (unpaired) electrons. The van der Waals surface area contributed by atoms with Crippen molar-refractivity contribution in [1.29, 1.82) is 5.41 Å². The summed E-state index contributed by atoms with van der Waals surface area (Å²) in [7, 11) is 1.39. The Morgan fingerprint density at radius 2 is 2.15 bits per heavy atom. The normalized spacial score (nSPS) is 23.4. The number of hydrogen-bond acceptors (Lipinski definition) is 8. The Morgan fingerprint density at radius 1 is 1.38 bits per heavy atom. The summed E-state index contributed by atoms with van der Waals surface area (Å²) < 4.78 is 45.1. The lowest BCUT2D eigenvalue weighted by Gasteiger charge is -2.36. The number of halogens is 2. The molecule has 1 unspecified atom stereocenters. The van der Waals surface area contributed by atoms with Gasteiger partial charge in [0.2, 0.25) is 0 Å². The number of aldehydes is 1. The van der Waals surface area contributed by atoms with Gasteiger partial charge >= 0.3 is 6.61 Å². The highest BCUT2D eigenvalue weighted by molar-refractivity contribution is 7.86. The SMILES string of the molecule is CNC1(C)CS(=O)C1.N=C(c1cccc(OC(F)F)c1)c1ncc(C=O)cc1NC1CCOC1. The number of carbonyl (C=O) groups is 1. The molecule has 3 heterocycles. The zero-order valence-corrected chi connectivity index (χ0v) is 19.8. The molecule has 1 atom stereocenters. The lowest BCUT2D eigenvalue weighted by molar-refractivity contribution is -0.0498. The summed E-state index contributed by atoms with van der Waals surface area (Å²) in [5.41, 5.74) is 1.80. The van der Waals surface area contributed by atoms with Crippen LogP contribution in [0.2, 0.25) is 0 Å². The summed E-state index contributed by atoms with van der Waals surface area (Å²) >= 11 is 0. The van der Waals surface area contributed by atoms with Gasteiger partial charge in [-0.2, -0.15) is 8.78 Å². The van der Waals surface area contributed by atoms with Gasteiger partial charge in [-0.25, -0.2) is 0 Å². The minimum Gasteiger partial charge on any atom is -0.435 e. The van der Waals surface area contributed by atoms with E-state index < -0.39 is 17.4 Å². The van der Waals surface area contributed by atoms with Crippen LogP contribution in [0.5, 0.6) is 5.75 Å². The minimum atomic E-state index is -2.94. The van der Waals surface area contributed by atoms with Crippen molar-refractivity contribution in [3.05, 3.63) is 53.3 Å². The van der Waals surface area contributed by atoms with Crippen molar-refractivity contribution in [3.8, 4) is 5.75 Å². The van der Waals surface area contributed by atoms with Crippen LogP contribution < -0.4 is 15.4 Å². The van der Waals surface area contributed by atoms with Gasteiger partial charge in [-0.15, -0.1) is 0 Å². The van der Waals surface area contributed by atoms with Crippen molar-refractivity contribution in [3.63, 3.8) is 0 Å². The Balaban J connectivity index is 0.000000343. The predicted molar refractivity (Wildman–Crippen MR) is 127 cm³/mol. The van der Waals surface area contributed by atoms with Crippen LogP contribution in [0.25, 0.3) is 0 Å². The predicted octanol–water partition coefficient (Wildman–Crippen LogP) is 2.84. The molecule has 3 N–H and O–H groups in total. The first-order valence-electron chi connectivity index (χ1n) is 10.7. The van der Waals surface area contributed by atoms with Gasteiger partial charge in [0, 0.05) is 51.8 Å². The Hall–Kier alpha value is -2.76. The number of nitrogens with one attached hydrogen (secondary N) is 3. The fourth-order valence-electron chi connectivity index (χ4n) is 3.50. The number of ether oxygens (including phenoxy) is 2. The lowest BCUT2D eigenvalue weighted by atomic mass is 10.0. The fraction of sp³-hybridized carbons (Fsp3) is 0.435. The summed E-state index contributed by atoms with van der Waals surface area (Å²) in [6, 6.07) is 7.55. The molecule has 0 spiro atoms. The molecule has 0 saturated carbocycles. The van der Waals surface area contributed by atoms with Gasteiger partial charge in [0.1, 0.15) is 11.4 Å². The molecule has 11 heteroatoms. The largest absolute Gasteiger partial charge is 0.435 e. The Bertz CT molecular complexity index is 1040. The second kappa shape index (κ2) is 11.6. The van der Waals surface area contributed by atoms with Crippen LogP contribution in [0.3, 0.4) is 0 Å². The molecule has 0 bridgehead atoms. The first-order valence-corrected chi connectivity index (χ1v) is 12.2. The molecule has 2 fully saturated rings. The molecule has 184 valence electrons. The molecule has 1 aromatic carbocycles. The van der Waals surface area contributed by atoms with E-state index in [-0.39, 0.29) is 23.0 Å². The van der Waals surface area contributed by atoms with E-state index in [1.807, 2.05) is 7.05 Å². The second-order valence-corrected chi connectivity index (χ2v) is 9.77. The number of alkyl halides is 2. The maximum Gasteiger partial charge on any atom is 0.387 e. The van der Waals surface area contributed by atoms with Gasteiger partial charge < -0.3 is 20.1 Å². The van der Waals surface area contributed by atoms with Crippen molar-refractivity contribution >= 4 is 28.5 Å². The number of nitrogens with zero attached hydrogens (tertiary/aromatic N) is 1. The van der Waals surface area contributed by atoms with E-state index >= 15 is 0 Å². The van der Waals surface area contributed by atoms with Gasteiger partial charge in [-0.1, -0.05) is 12.1 Å². The molecule has 2 aliphatic heterocycles. The highest BCUT2D eigenvalue weighted by Crippen LogP contribution is 2.24. The Labute approximate surface area is 199 Å². The zero-order chi connectivity index (χ0) is 24.7. The first-order chi connectivity index (χ1) is 16.2. The van der Waals surface area contributed by atoms with E-state index in [0.29, 0.717) is 42.0 Å². The first kappa shape index (κ1) is 25.9. The molecule has 0 aliphatic carbocycles. The third-order valence-corrected chi connectivity index (χ3v) is 7.40. The average Bonchev–Trinajstić information content (AvgIpc) is 3.31. The third-order valence-electron chi connectivity index (χ3n) is 5.48. The molecule has 34 heavy (non-hydrogen) atoms. The van der Waals surface area contributed by atoms with Crippen molar-refractivity contribution in [2.45, 2.75) is 31.5 Å². The molecule has 2 aromatic rings. The number of rotatable bonds is 8. The number of hydrogen-bond donors (Lipinski definition) is 3. The Kier molecular flexibility index (Phi) is 8.81. The summed E-state index contributed by atoms with van der Waals surface area (Å²) in [6.07, 6.45) is 2.84. The van der Waals surface area contributed by atoms with Gasteiger partial charge in [0.05, 0.1) is 24.0 Å². The van der Waals surface area contributed by atoms with E-state index in [1.54, 1.807) is 12.1 Å². The van der Waals surface area contributed by atoms with Crippen LogP contribution in [0.1, 0.15) is 35.0 Å². The number of aromatic nitrogens is 1. The molecule has 2 aliphatic rings. The van der Waals surface area contributed by atoms with E-state index in [4.69, 9.17) is 10.1 Å². The van der Waals surface area contributed by atoms with Crippen molar-refractivity contribution < 1.29 is 27.3 Å². The highest BCUT2D eigenvalue weighted by atomic mass is 32.2. The highest BCUT2D eigenvalue weighted by Gasteiger charge is 2.36. The smallest absolute Gasteiger partial charge is 0.387 e. The summed E-state index contributed by atoms with van der Waals surface area (Å²) in [6.45, 7) is 0.312. The molecule has 2 saturated heterocycles. The molecule has 8 nitrogen and oxygen atoms in total. The van der Waals surface area contributed by atoms with E-state index in [2.05, 4.69) is 27.3 Å². The van der Waals surface area contributed by atoms with Gasteiger partial charge in [0.15, 0.2) is 6.29 Å².